The minimum absolute atomic E-state index is 0.476. The van der Waals surface area contributed by atoms with Crippen molar-refractivity contribution in [3.05, 3.63) is 35.9 Å². The highest BCUT2D eigenvalue weighted by atomic mass is 16.5. The van der Waals surface area contributed by atoms with Gasteiger partial charge in [-0.3, -0.25) is 9.89 Å². The summed E-state index contributed by atoms with van der Waals surface area (Å²) in [6.45, 7) is 8.04. The fourth-order valence-electron chi connectivity index (χ4n) is 3.52. The molecule has 0 bridgehead atoms. The number of methoxy groups -OCH3 is 1. The predicted molar refractivity (Wildman–Crippen MR) is 113 cm³/mol. The quantitative estimate of drug-likeness (QED) is 0.509. The Balaban J connectivity index is 1.71. The summed E-state index contributed by atoms with van der Waals surface area (Å²) in [6.07, 6.45) is 2.28. The Kier molecular flexibility index (Phi) is 9.59. The van der Waals surface area contributed by atoms with Gasteiger partial charge >= 0.3 is 0 Å². The second-order valence-corrected chi connectivity index (χ2v) is 7.47. The average molecular weight is 376 g/mol. The molecular formula is C21H37N5O. The summed E-state index contributed by atoms with van der Waals surface area (Å²) in [6, 6.07) is 11.8. The summed E-state index contributed by atoms with van der Waals surface area (Å²) >= 11 is 0. The molecule has 27 heavy (non-hydrogen) atoms. The molecule has 1 heterocycles. The zero-order valence-corrected chi connectivity index (χ0v) is 17.4. The molecule has 0 spiro atoms. The molecule has 1 aromatic rings. The van der Waals surface area contributed by atoms with Gasteiger partial charge in [-0.25, -0.2) is 0 Å². The van der Waals surface area contributed by atoms with Crippen LogP contribution in [0.2, 0.25) is 0 Å². The van der Waals surface area contributed by atoms with Crippen molar-refractivity contribution < 1.29 is 4.74 Å². The molecule has 0 saturated carbocycles. The molecule has 0 aromatic heterocycles. The lowest BCUT2D eigenvalue weighted by atomic mass is 9.97. The first-order valence-corrected chi connectivity index (χ1v) is 10.0. The van der Waals surface area contributed by atoms with Gasteiger partial charge in [-0.05, 0) is 32.4 Å². The molecule has 1 aliphatic rings. The third-order valence-corrected chi connectivity index (χ3v) is 5.27. The summed E-state index contributed by atoms with van der Waals surface area (Å²) in [5.41, 5.74) is 1.39. The molecule has 1 fully saturated rings. The SMILES string of the molecule is CN=C(NCCN(C)CCOC)NC1CCN(Cc2ccccc2)C(C)C1. The molecule has 0 aliphatic carbocycles. The van der Waals surface area contributed by atoms with Crippen molar-refractivity contribution in [2.75, 3.05) is 54.0 Å². The van der Waals surface area contributed by atoms with E-state index in [1.807, 2.05) is 7.05 Å². The van der Waals surface area contributed by atoms with E-state index in [4.69, 9.17) is 4.74 Å². The molecule has 0 radical (unpaired) electrons. The Bertz CT molecular complexity index is 551. The smallest absolute Gasteiger partial charge is 0.191 e. The Labute approximate surface area is 165 Å². The zero-order chi connectivity index (χ0) is 19.5. The summed E-state index contributed by atoms with van der Waals surface area (Å²) in [7, 11) is 5.70. The Morgan fingerprint density at radius 3 is 2.74 bits per heavy atom. The van der Waals surface area contributed by atoms with Crippen molar-refractivity contribution in [3.8, 4) is 0 Å². The van der Waals surface area contributed by atoms with Gasteiger partial charge in [0.25, 0.3) is 0 Å². The summed E-state index contributed by atoms with van der Waals surface area (Å²) in [5, 5.41) is 7.04. The number of guanidine groups is 1. The monoisotopic (exact) mass is 375 g/mol. The Morgan fingerprint density at radius 2 is 2.07 bits per heavy atom. The molecule has 2 unspecified atom stereocenters. The maximum atomic E-state index is 5.12. The summed E-state index contributed by atoms with van der Waals surface area (Å²) in [4.78, 5) is 9.23. The standard InChI is InChI=1S/C21H37N5O/c1-18-16-20(10-12-26(18)17-19-8-6-5-7-9-19)24-21(22-2)23-11-13-25(3)14-15-27-4/h5-9,18,20H,10-17H2,1-4H3,(H2,22,23,24). The van der Waals surface area contributed by atoms with E-state index < -0.39 is 0 Å². The highest BCUT2D eigenvalue weighted by molar-refractivity contribution is 5.79. The largest absolute Gasteiger partial charge is 0.383 e. The molecule has 1 aliphatic heterocycles. The molecule has 1 saturated heterocycles. The van der Waals surface area contributed by atoms with Crippen LogP contribution < -0.4 is 10.6 Å². The normalized spacial score (nSPS) is 21.4. The Hall–Kier alpha value is -1.63. The van der Waals surface area contributed by atoms with Crippen molar-refractivity contribution in [1.82, 2.24) is 20.4 Å². The van der Waals surface area contributed by atoms with Crippen LogP contribution in [-0.4, -0.2) is 81.8 Å². The van der Waals surface area contributed by atoms with Gasteiger partial charge in [0, 0.05) is 59.0 Å². The van der Waals surface area contributed by atoms with Gasteiger partial charge in [0.05, 0.1) is 6.61 Å². The van der Waals surface area contributed by atoms with Crippen molar-refractivity contribution in [3.63, 3.8) is 0 Å². The number of likely N-dealkylation sites (tertiary alicyclic amines) is 1. The lowest BCUT2D eigenvalue weighted by Gasteiger charge is -2.38. The zero-order valence-electron chi connectivity index (χ0n) is 17.4. The van der Waals surface area contributed by atoms with E-state index in [0.29, 0.717) is 12.1 Å². The van der Waals surface area contributed by atoms with E-state index in [-0.39, 0.29) is 0 Å². The van der Waals surface area contributed by atoms with Crippen LogP contribution in [0.25, 0.3) is 0 Å². The molecule has 6 heteroatoms. The van der Waals surface area contributed by atoms with Gasteiger partial charge in [-0.2, -0.15) is 0 Å². The second kappa shape index (κ2) is 12.0. The van der Waals surface area contributed by atoms with Crippen LogP contribution in [0.5, 0.6) is 0 Å². The van der Waals surface area contributed by atoms with Crippen LogP contribution in [0.4, 0.5) is 0 Å². The number of aliphatic imine (C=N–C) groups is 1. The van der Waals surface area contributed by atoms with Gasteiger partial charge in [0.2, 0.25) is 0 Å². The third-order valence-electron chi connectivity index (χ3n) is 5.27. The van der Waals surface area contributed by atoms with Crippen molar-refractivity contribution in [2.24, 2.45) is 4.99 Å². The van der Waals surface area contributed by atoms with E-state index in [1.165, 1.54) is 5.56 Å². The maximum absolute atomic E-state index is 5.12. The predicted octanol–water partition coefficient (Wildman–Crippen LogP) is 1.78. The summed E-state index contributed by atoms with van der Waals surface area (Å²) < 4.78 is 5.12. The highest BCUT2D eigenvalue weighted by Gasteiger charge is 2.25. The maximum Gasteiger partial charge on any atom is 0.191 e. The average Bonchev–Trinajstić information content (AvgIpc) is 2.68. The number of hydrogen-bond donors (Lipinski definition) is 2. The lowest BCUT2D eigenvalue weighted by molar-refractivity contribution is 0.134. The number of hydrogen-bond acceptors (Lipinski definition) is 4. The number of likely N-dealkylation sites (N-methyl/N-ethyl adjacent to an activating group) is 1. The number of rotatable bonds is 9. The number of ether oxygens (including phenoxy) is 1. The van der Waals surface area contributed by atoms with Crippen molar-refractivity contribution >= 4 is 5.96 Å². The summed E-state index contributed by atoms with van der Waals surface area (Å²) in [5.74, 6) is 0.906. The second-order valence-electron chi connectivity index (χ2n) is 7.47. The Morgan fingerprint density at radius 1 is 1.30 bits per heavy atom. The molecule has 152 valence electrons. The first-order chi connectivity index (χ1) is 13.1. The third kappa shape index (κ3) is 7.87. The first-order valence-electron chi connectivity index (χ1n) is 10.0. The van der Waals surface area contributed by atoms with Crippen LogP contribution in [0, 0.1) is 0 Å². The van der Waals surface area contributed by atoms with Crippen LogP contribution in [0.15, 0.2) is 35.3 Å². The van der Waals surface area contributed by atoms with Gasteiger partial charge in [0.1, 0.15) is 0 Å². The highest BCUT2D eigenvalue weighted by Crippen LogP contribution is 2.19. The number of benzene rings is 1. The van der Waals surface area contributed by atoms with Crippen molar-refractivity contribution in [2.45, 2.75) is 38.4 Å². The van der Waals surface area contributed by atoms with E-state index in [0.717, 1.165) is 58.1 Å². The minimum Gasteiger partial charge on any atom is -0.383 e. The molecule has 2 atom stereocenters. The van der Waals surface area contributed by atoms with Crippen LogP contribution >= 0.6 is 0 Å². The molecular weight excluding hydrogens is 338 g/mol. The van der Waals surface area contributed by atoms with Gasteiger partial charge in [0.15, 0.2) is 5.96 Å². The molecule has 0 amide bonds. The number of nitrogens with zero attached hydrogens (tertiary/aromatic N) is 3. The van der Waals surface area contributed by atoms with Crippen LogP contribution in [0.1, 0.15) is 25.3 Å². The van der Waals surface area contributed by atoms with Gasteiger partial charge in [-0.1, -0.05) is 30.3 Å². The molecule has 1 aromatic carbocycles. The fourth-order valence-corrected chi connectivity index (χ4v) is 3.52. The minimum atomic E-state index is 0.476. The van der Waals surface area contributed by atoms with E-state index in [9.17, 15) is 0 Å². The van der Waals surface area contributed by atoms with E-state index >= 15 is 0 Å². The van der Waals surface area contributed by atoms with Gasteiger partial charge < -0.3 is 20.3 Å². The first kappa shape index (κ1) is 21.7. The molecule has 6 nitrogen and oxygen atoms in total. The van der Waals surface area contributed by atoms with E-state index in [2.05, 4.69) is 69.7 Å². The van der Waals surface area contributed by atoms with E-state index in [1.54, 1.807) is 7.11 Å². The topological polar surface area (TPSA) is 52.1 Å². The van der Waals surface area contributed by atoms with Gasteiger partial charge in [-0.15, -0.1) is 0 Å². The van der Waals surface area contributed by atoms with Crippen molar-refractivity contribution in [1.29, 1.82) is 0 Å². The van der Waals surface area contributed by atoms with Crippen LogP contribution in [-0.2, 0) is 11.3 Å². The fraction of sp³-hybridized carbons (Fsp3) is 0.667. The number of nitrogens with one attached hydrogen (secondary N) is 2. The van der Waals surface area contributed by atoms with Crippen LogP contribution in [0.3, 0.4) is 0 Å². The lowest BCUT2D eigenvalue weighted by Crippen LogP contribution is -2.51. The molecule has 2 rings (SSSR count). The number of piperidine rings is 1. The molecule has 2 N–H and O–H groups in total.